The van der Waals surface area contributed by atoms with Crippen LogP contribution in [0.2, 0.25) is 0 Å². The maximum atomic E-state index is 12.2. The molecule has 11 heteroatoms. The van der Waals surface area contributed by atoms with E-state index in [1.807, 2.05) is 13.8 Å². The molecule has 0 rings (SSSR count). The van der Waals surface area contributed by atoms with Gasteiger partial charge in [-0.1, -0.05) is 13.8 Å². The van der Waals surface area contributed by atoms with Crippen molar-refractivity contribution < 1.29 is 24.3 Å². The van der Waals surface area contributed by atoms with Crippen molar-refractivity contribution in [2.75, 3.05) is 18.1 Å². The third kappa shape index (κ3) is 9.56. The second-order valence-corrected chi connectivity index (χ2v) is 6.57. The summed E-state index contributed by atoms with van der Waals surface area (Å²) >= 11 is 7.99. The van der Waals surface area contributed by atoms with E-state index >= 15 is 0 Å². The fraction of sp³-hybridized carbons (Fsp3) is 0.714. The summed E-state index contributed by atoms with van der Waals surface area (Å²) in [6.07, 6.45) is 0.462. The van der Waals surface area contributed by atoms with Crippen LogP contribution in [0.1, 0.15) is 20.3 Å². The lowest BCUT2D eigenvalue weighted by Crippen LogP contribution is -2.57. The highest BCUT2D eigenvalue weighted by Gasteiger charge is 2.27. The third-order valence-corrected chi connectivity index (χ3v) is 3.84. The van der Waals surface area contributed by atoms with E-state index < -0.39 is 48.4 Å². The molecule has 0 fully saturated rings. The molecule has 6 N–H and O–H groups in total. The van der Waals surface area contributed by atoms with Gasteiger partial charge < -0.3 is 26.8 Å². The molecule has 0 aliphatic carbocycles. The second-order valence-electron chi connectivity index (χ2n) is 5.84. The number of carboxylic acids is 1. The van der Waals surface area contributed by atoms with Crippen LogP contribution in [-0.4, -0.2) is 65.0 Å². The van der Waals surface area contributed by atoms with Gasteiger partial charge in [0.1, 0.15) is 18.6 Å². The monoisotopic (exact) mass is 394 g/mol. The van der Waals surface area contributed by atoms with Crippen molar-refractivity contribution in [1.82, 2.24) is 16.0 Å². The Kier molecular flexibility index (Phi) is 11.3. The molecule has 0 bridgehead atoms. The van der Waals surface area contributed by atoms with Gasteiger partial charge in [0.2, 0.25) is 17.7 Å². The molecule has 0 saturated heterocycles. The van der Waals surface area contributed by atoms with E-state index in [1.54, 1.807) is 0 Å². The first kappa shape index (κ1) is 23.5. The van der Waals surface area contributed by atoms with Crippen LogP contribution in [0.4, 0.5) is 0 Å². The van der Waals surface area contributed by atoms with Gasteiger partial charge in [-0.05, 0) is 12.3 Å². The van der Waals surface area contributed by atoms with Crippen LogP contribution in [0.25, 0.3) is 0 Å². The van der Waals surface area contributed by atoms with Crippen LogP contribution in [0.15, 0.2) is 0 Å². The molecule has 0 aliphatic heterocycles. The molecule has 9 nitrogen and oxygen atoms in total. The number of carboxylic acid groups (broad SMARTS) is 1. The topological polar surface area (TPSA) is 151 Å². The third-order valence-electron chi connectivity index (χ3n) is 3.11. The number of carbonyl (C=O) groups is 4. The Morgan fingerprint density at radius 3 is 1.88 bits per heavy atom. The average molecular weight is 395 g/mol. The maximum Gasteiger partial charge on any atom is 0.322 e. The largest absolute Gasteiger partial charge is 0.480 e. The lowest BCUT2D eigenvalue weighted by molar-refractivity contribution is -0.138. The quantitative estimate of drug-likeness (QED) is 0.210. The van der Waals surface area contributed by atoms with Crippen molar-refractivity contribution in [1.29, 1.82) is 0 Å². The lowest BCUT2D eigenvalue weighted by Gasteiger charge is -2.22. The van der Waals surface area contributed by atoms with E-state index in [9.17, 15) is 19.2 Å². The lowest BCUT2D eigenvalue weighted by atomic mass is 10.0. The zero-order chi connectivity index (χ0) is 19.6. The Hall–Kier alpha value is -1.46. The van der Waals surface area contributed by atoms with E-state index in [0.29, 0.717) is 6.42 Å². The van der Waals surface area contributed by atoms with Crippen molar-refractivity contribution in [2.45, 2.75) is 38.4 Å². The first-order chi connectivity index (χ1) is 11.6. The molecule has 0 spiro atoms. The number of thiol groups is 2. The SMILES string of the molecule is CC(C)CC(N)C(=O)NC(CS)C(=O)NC(CS)C(=O)NCC(=O)O. The molecule has 3 atom stereocenters. The molecule has 144 valence electrons. The number of hydrogen-bond acceptors (Lipinski definition) is 7. The van der Waals surface area contributed by atoms with Crippen LogP contribution >= 0.6 is 25.3 Å². The number of rotatable bonds is 11. The molecule has 0 radical (unpaired) electrons. The summed E-state index contributed by atoms with van der Waals surface area (Å²) in [5.74, 6) is -2.84. The smallest absolute Gasteiger partial charge is 0.322 e. The second kappa shape index (κ2) is 12.0. The predicted octanol–water partition coefficient (Wildman–Crippen LogP) is -1.61. The van der Waals surface area contributed by atoms with Crippen molar-refractivity contribution >= 4 is 48.9 Å². The normalized spacial score (nSPS) is 14.3. The van der Waals surface area contributed by atoms with Crippen molar-refractivity contribution in [3.8, 4) is 0 Å². The molecule has 0 aliphatic rings. The summed E-state index contributed by atoms with van der Waals surface area (Å²) in [7, 11) is 0. The molecule has 25 heavy (non-hydrogen) atoms. The number of carbonyl (C=O) groups excluding carboxylic acids is 3. The summed E-state index contributed by atoms with van der Waals surface area (Å²) in [4.78, 5) is 46.5. The number of aliphatic carboxylic acids is 1. The van der Waals surface area contributed by atoms with Crippen LogP contribution in [-0.2, 0) is 19.2 Å². The Morgan fingerprint density at radius 1 is 0.960 bits per heavy atom. The molecule has 0 aromatic carbocycles. The minimum Gasteiger partial charge on any atom is -0.480 e. The Morgan fingerprint density at radius 2 is 1.44 bits per heavy atom. The standard InChI is InChI=1S/C14H26N4O5S2/c1-7(2)3-8(15)12(21)17-10(6-25)14(23)18-9(5-24)13(22)16-4-11(19)20/h7-10,24-25H,3-6,15H2,1-2H3,(H,16,22)(H,17,21)(H,18,23)(H,19,20). The number of nitrogens with one attached hydrogen (secondary N) is 3. The van der Waals surface area contributed by atoms with E-state index in [4.69, 9.17) is 10.8 Å². The summed E-state index contributed by atoms with van der Waals surface area (Å²) in [6.45, 7) is 3.27. The van der Waals surface area contributed by atoms with Crippen LogP contribution in [0, 0.1) is 5.92 Å². The van der Waals surface area contributed by atoms with Gasteiger partial charge in [0.25, 0.3) is 0 Å². The zero-order valence-electron chi connectivity index (χ0n) is 14.2. The zero-order valence-corrected chi connectivity index (χ0v) is 16.0. The Balaban J connectivity index is 4.71. The number of nitrogens with two attached hydrogens (primary N) is 1. The highest BCUT2D eigenvalue weighted by molar-refractivity contribution is 7.80. The summed E-state index contributed by atoms with van der Waals surface area (Å²) in [5.41, 5.74) is 5.76. The fourth-order valence-electron chi connectivity index (χ4n) is 1.84. The minimum atomic E-state index is -1.21. The molecule has 0 saturated carbocycles. The van der Waals surface area contributed by atoms with Crippen molar-refractivity contribution in [3.05, 3.63) is 0 Å². The predicted molar refractivity (Wildman–Crippen MR) is 99.6 cm³/mol. The summed E-state index contributed by atoms with van der Waals surface area (Å²) in [5, 5.41) is 15.6. The molecule has 0 aromatic heterocycles. The van der Waals surface area contributed by atoms with Crippen LogP contribution in [0.3, 0.4) is 0 Å². The van der Waals surface area contributed by atoms with Gasteiger partial charge in [0.05, 0.1) is 6.04 Å². The molecule has 0 heterocycles. The van der Waals surface area contributed by atoms with Crippen LogP contribution in [0.5, 0.6) is 0 Å². The first-order valence-corrected chi connectivity index (χ1v) is 8.96. The molecular weight excluding hydrogens is 368 g/mol. The van der Waals surface area contributed by atoms with E-state index in [0.717, 1.165) is 0 Å². The minimum absolute atomic E-state index is 0.00199. The summed E-state index contributed by atoms with van der Waals surface area (Å²) in [6, 6.07) is -2.78. The van der Waals surface area contributed by atoms with Gasteiger partial charge >= 0.3 is 5.97 Å². The van der Waals surface area contributed by atoms with E-state index in [2.05, 4.69) is 41.2 Å². The van der Waals surface area contributed by atoms with Crippen LogP contribution < -0.4 is 21.7 Å². The van der Waals surface area contributed by atoms with Gasteiger partial charge in [-0.25, -0.2) is 0 Å². The highest BCUT2D eigenvalue weighted by atomic mass is 32.1. The molecule has 0 aromatic rings. The van der Waals surface area contributed by atoms with Gasteiger partial charge in [-0.2, -0.15) is 25.3 Å². The van der Waals surface area contributed by atoms with Gasteiger partial charge in [0, 0.05) is 11.5 Å². The van der Waals surface area contributed by atoms with Crippen molar-refractivity contribution in [2.24, 2.45) is 11.7 Å². The molecular formula is C14H26N4O5S2. The van der Waals surface area contributed by atoms with Gasteiger partial charge in [0.15, 0.2) is 0 Å². The molecule has 3 amide bonds. The Bertz CT molecular complexity index is 490. The van der Waals surface area contributed by atoms with Crippen molar-refractivity contribution in [3.63, 3.8) is 0 Å². The summed E-state index contributed by atoms with van der Waals surface area (Å²) < 4.78 is 0. The van der Waals surface area contributed by atoms with Gasteiger partial charge in [-0.3, -0.25) is 19.2 Å². The first-order valence-electron chi connectivity index (χ1n) is 7.69. The Labute approximate surface area is 157 Å². The van der Waals surface area contributed by atoms with E-state index in [-0.39, 0.29) is 17.4 Å². The number of amides is 3. The average Bonchev–Trinajstić information content (AvgIpc) is 2.53. The highest BCUT2D eigenvalue weighted by Crippen LogP contribution is 2.03. The van der Waals surface area contributed by atoms with E-state index in [1.165, 1.54) is 0 Å². The maximum absolute atomic E-state index is 12.2. The van der Waals surface area contributed by atoms with Gasteiger partial charge in [-0.15, -0.1) is 0 Å². The fourth-order valence-corrected chi connectivity index (χ4v) is 2.35. The molecule has 3 unspecified atom stereocenters. The number of hydrogen-bond donors (Lipinski definition) is 7.